The summed E-state index contributed by atoms with van der Waals surface area (Å²) >= 11 is 0. The van der Waals surface area contributed by atoms with E-state index >= 15 is 0 Å². The average Bonchev–Trinajstić information content (AvgIpc) is 2.81. The highest BCUT2D eigenvalue weighted by molar-refractivity contribution is 6.52. The molecule has 1 N–H and O–H groups in total. The Morgan fingerprint density at radius 3 is 1.52 bits per heavy atom. The van der Waals surface area contributed by atoms with E-state index in [9.17, 15) is 26.3 Å². The number of aromatic nitrogens is 4. The zero-order valence-electron chi connectivity index (χ0n) is 15.4. The first kappa shape index (κ1) is 19.9. The van der Waals surface area contributed by atoms with Crippen LogP contribution in [0.15, 0.2) is 4.99 Å². The Morgan fingerprint density at radius 2 is 1.10 bits per heavy atom. The number of benzene rings is 1. The van der Waals surface area contributed by atoms with E-state index in [4.69, 9.17) is 10.7 Å². The molecule has 0 fully saturated rings. The van der Waals surface area contributed by atoms with Gasteiger partial charge in [-0.15, -0.1) is 0 Å². The van der Waals surface area contributed by atoms with Gasteiger partial charge in [-0.1, -0.05) is 0 Å². The Balaban J connectivity index is 2.67. The lowest BCUT2D eigenvalue weighted by atomic mass is 10.1. The number of hydrogen-bond acceptors (Lipinski definition) is 12. The molecule has 0 aliphatic carbocycles. The number of nitrogens with zero attached hydrogens (tertiary/aromatic N) is 11. The van der Waals surface area contributed by atoms with Gasteiger partial charge in [0.2, 0.25) is 0 Å². The minimum atomic E-state index is -0.708. The molecule has 3 rings (SSSR count). The van der Waals surface area contributed by atoms with Gasteiger partial charge in [-0.05, 0) is 6.92 Å². The Bertz CT molecular complexity index is 1620. The van der Waals surface area contributed by atoms with Crippen molar-refractivity contribution in [2.45, 2.75) is 6.92 Å². The lowest BCUT2D eigenvalue weighted by Gasteiger charge is -2.11. The van der Waals surface area contributed by atoms with Crippen LogP contribution in [0.4, 0.5) is 5.69 Å². The molecular weight excluding hydrogens is 396 g/mol. The van der Waals surface area contributed by atoms with Crippen molar-refractivity contribution in [1.82, 2.24) is 19.9 Å². The van der Waals surface area contributed by atoms with Crippen molar-refractivity contribution in [3.63, 3.8) is 0 Å². The molecule has 0 atom stereocenters. The highest BCUT2D eigenvalue weighted by Gasteiger charge is 2.22. The van der Waals surface area contributed by atoms with Crippen molar-refractivity contribution in [3.05, 3.63) is 28.3 Å². The van der Waals surface area contributed by atoms with E-state index in [0.29, 0.717) is 0 Å². The van der Waals surface area contributed by atoms with Gasteiger partial charge in [0, 0.05) is 5.56 Å². The van der Waals surface area contributed by atoms with E-state index in [2.05, 4.69) is 24.9 Å². The normalized spacial score (nSPS) is 10.2. The van der Waals surface area contributed by atoms with E-state index in [0.717, 1.165) is 0 Å². The lowest BCUT2D eigenvalue weighted by Crippen LogP contribution is -2.08. The fourth-order valence-corrected chi connectivity index (χ4v) is 2.67. The van der Waals surface area contributed by atoms with Crippen LogP contribution < -0.4 is 0 Å². The summed E-state index contributed by atoms with van der Waals surface area (Å²) in [5, 5.41) is 63.0. The monoisotopic (exact) mass is 400 g/mol. The maximum absolute atomic E-state index is 9.31. The number of hydrogen-bond donors (Lipinski definition) is 1. The number of aryl methyl sites for hydroxylation is 1. The van der Waals surface area contributed by atoms with E-state index in [1.165, 1.54) is 13.0 Å². The molecule has 140 valence electrons. The molecule has 0 saturated heterocycles. The molecule has 31 heavy (non-hydrogen) atoms. The van der Waals surface area contributed by atoms with Crippen LogP contribution in [0.2, 0.25) is 0 Å². The second-order valence-electron chi connectivity index (χ2n) is 5.72. The first-order valence-corrected chi connectivity index (χ1v) is 8.08. The van der Waals surface area contributed by atoms with Gasteiger partial charge in [-0.2, -0.15) is 31.6 Å². The van der Waals surface area contributed by atoms with E-state index < -0.39 is 11.4 Å². The SMILES string of the molecule is Cc1c(/N=C(/C#N)C(=N)C#N)c2nc(C#N)c(C#N)nc2c2nc(C#N)c(C#N)nc12. The Kier molecular flexibility index (Phi) is 4.93. The van der Waals surface area contributed by atoms with Gasteiger partial charge in [-0.25, -0.2) is 24.9 Å². The molecule has 12 heteroatoms. The topological polar surface area (TPSA) is 231 Å². The van der Waals surface area contributed by atoms with Gasteiger partial charge in [0.25, 0.3) is 0 Å². The predicted molar refractivity (Wildman–Crippen MR) is 102 cm³/mol. The smallest absolute Gasteiger partial charge is 0.177 e. The molecule has 1 aromatic carbocycles. The van der Waals surface area contributed by atoms with Crippen molar-refractivity contribution in [2.24, 2.45) is 4.99 Å². The van der Waals surface area contributed by atoms with Crippen LogP contribution in [-0.2, 0) is 0 Å². The highest BCUT2D eigenvalue weighted by Crippen LogP contribution is 2.35. The second kappa shape index (κ2) is 7.66. The standard InChI is InChI=1S/C19H4N12/c1-8-15(27-10(3-21)9(26)2-20)17-19(31-14(7-25)13(6-24)30-17)18-16(8)28-11(4-22)12(5-23)29-18/h26H,1H3/b26-9?,27-10-. The molecule has 12 nitrogen and oxygen atoms in total. The summed E-state index contributed by atoms with van der Waals surface area (Å²) in [6.07, 6.45) is 0. The number of aliphatic imine (C=N–C) groups is 1. The Hall–Kier alpha value is -5.82. The molecule has 0 unspecified atom stereocenters. The summed E-state index contributed by atoms with van der Waals surface area (Å²) in [7, 11) is 0. The summed E-state index contributed by atoms with van der Waals surface area (Å²) in [4.78, 5) is 20.5. The van der Waals surface area contributed by atoms with E-state index in [-0.39, 0.29) is 56.1 Å². The first-order valence-electron chi connectivity index (χ1n) is 8.08. The molecule has 2 heterocycles. The quantitative estimate of drug-likeness (QED) is 0.480. The third kappa shape index (κ3) is 3.08. The molecule has 3 aromatic rings. The fraction of sp³-hybridized carbons (Fsp3) is 0.0526. The Morgan fingerprint density at radius 1 is 0.677 bits per heavy atom. The summed E-state index contributed by atoms with van der Waals surface area (Å²) in [5.74, 6) is 0. The molecule has 0 bridgehead atoms. The van der Waals surface area contributed by atoms with Crippen molar-refractivity contribution < 1.29 is 0 Å². The van der Waals surface area contributed by atoms with E-state index in [1.54, 1.807) is 30.3 Å². The van der Waals surface area contributed by atoms with Crippen LogP contribution in [0.25, 0.3) is 22.1 Å². The average molecular weight is 400 g/mol. The van der Waals surface area contributed by atoms with Crippen LogP contribution in [-0.4, -0.2) is 31.4 Å². The minimum absolute atomic E-state index is 0.0318. The van der Waals surface area contributed by atoms with Gasteiger partial charge in [-0.3, -0.25) is 5.41 Å². The molecule has 0 radical (unpaired) electrons. The van der Waals surface area contributed by atoms with Gasteiger partial charge in [0.05, 0.1) is 11.2 Å². The number of nitriles is 6. The van der Waals surface area contributed by atoms with Crippen LogP contribution in [0, 0.1) is 80.3 Å². The zero-order chi connectivity index (χ0) is 22.7. The number of fused-ring (bicyclic) bond motifs is 3. The fourth-order valence-electron chi connectivity index (χ4n) is 2.67. The van der Waals surface area contributed by atoms with Crippen molar-refractivity contribution in [2.75, 3.05) is 0 Å². The van der Waals surface area contributed by atoms with Crippen molar-refractivity contribution >= 4 is 39.2 Å². The molecule has 0 aliphatic rings. The zero-order valence-corrected chi connectivity index (χ0v) is 15.4. The maximum atomic E-state index is 9.31. The second-order valence-corrected chi connectivity index (χ2v) is 5.72. The Labute approximate surface area is 173 Å². The molecule has 0 aliphatic heterocycles. The number of rotatable bonds is 2. The lowest BCUT2D eigenvalue weighted by molar-refractivity contribution is 1.16. The van der Waals surface area contributed by atoms with Crippen molar-refractivity contribution in [3.8, 4) is 36.4 Å². The molecule has 0 amide bonds. The first-order chi connectivity index (χ1) is 14.9. The minimum Gasteiger partial charge on any atom is -0.288 e. The van der Waals surface area contributed by atoms with Crippen LogP contribution in [0.1, 0.15) is 28.3 Å². The van der Waals surface area contributed by atoms with Crippen molar-refractivity contribution in [1.29, 1.82) is 37.0 Å². The predicted octanol–water partition coefficient (Wildman–Crippen LogP) is 1.51. The largest absolute Gasteiger partial charge is 0.288 e. The highest BCUT2D eigenvalue weighted by atomic mass is 14.9. The summed E-state index contributed by atoms with van der Waals surface area (Å²) < 4.78 is 0. The van der Waals surface area contributed by atoms with Gasteiger partial charge < -0.3 is 0 Å². The number of nitrogens with one attached hydrogen (secondary N) is 1. The van der Waals surface area contributed by atoms with Gasteiger partial charge in [0.15, 0.2) is 34.2 Å². The summed E-state index contributed by atoms with van der Waals surface area (Å²) in [6, 6.07) is 10.1. The third-order valence-electron chi connectivity index (χ3n) is 4.05. The molecule has 0 saturated carbocycles. The van der Waals surface area contributed by atoms with Gasteiger partial charge >= 0.3 is 0 Å². The maximum Gasteiger partial charge on any atom is 0.177 e. The van der Waals surface area contributed by atoms with Gasteiger partial charge in [0.1, 0.15) is 53.0 Å². The van der Waals surface area contributed by atoms with Crippen LogP contribution in [0.3, 0.4) is 0 Å². The van der Waals surface area contributed by atoms with E-state index in [1.807, 2.05) is 0 Å². The third-order valence-corrected chi connectivity index (χ3v) is 4.05. The molecule has 2 aromatic heterocycles. The van der Waals surface area contributed by atoms with Crippen LogP contribution in [0.5, 0.6) is 0 Å². The molecular formula is C19H4N12. The summed E-state index contributed by atoms with van der Waals surface area (Å²) in [6.45, 7) is 1.51. The van der Waals surface area contributed by atoms with Crippen LogP contribution >= 0.6 is 0 Å². The molecule has 0 spiro atoms. The summed E-state index contributed by atoms with van der Waals surface area (Å²) in [5.41, 5.74) is -2.20.